The summed E-state index contributed by atoms with van der Waals surface area (Å²) >= 11 is 0. The highest BCUT2D eigenvalue weighted by molar-refractivity contribution is 5.53. The fraction of sp³-hybridized carbons (Fsp3) is 0.667. The van der Waals surface area contributed by atoms with Gasteiger partial charge >= 0.3 is 6.36 Å². The number of alkyl halides is 4. The van der Waals surface area contributed by atoms with Crippen LogP contribution in [0.25, 0.3) is 0 Å². The van der Waals surface area contributed by atoms with Gasteiger partial charge in [-0.3, -0.25) is 0 Å². The van der Waals surface area contributed by atoms with Crippen molar-refractivity contribution in [1.29, 1.82) is 0 Å². The van der Waals surface area contributed by atoms with Gasteiger partial charge in [-0.25, -0.2) is 4.39 Å². The van der Waals surface area contributed by atoms with Gasteiger partial charge in [0.05, 0.1) is 6.61 Å². The molecule has 1 aliphatic carbocycles. The maximum absolute atomic E-state index is 13.3. The van der Waals surface area contributed by atoms with Crippen LogP contribution in [0.4, 0.5) is 17.6 Å². The molecule has 0 heterocycles. The van der Waals surface area contributed by atoms with Crippen LogP contribution < -0.4 is 14.2 Å². The average Bonchev–Trinajstić information content (AvgIpc) is 3.06. The van der Waals surface area contributed by atoms with Crippen molar-refractivity contribution >= 4 is 0 Å². The van der Waals surface area contributed by atoms with E-state index >= 15 is 0 Å². The fourth-order valence-corrected chi connectivity index (χ4v) is 2.84. The molecule has 3 nitrogen and oxygen atoms in total. The van der Waals surface area contributed by atoms with E-state index in [4.69, 9.17) is 9.47 Å². The zero-order chi connectivity index (χ0) is 18.4. The Balaban J connectivity index is 2.17. The molecule has 7 heteroatoms. The van der Waals surface area contributed by atoms with Gasteiger partial charge in [-0.1, -0.05) is 19.8 Å². The highest BCUT2D eigenvalue weighted by Crippen LogP contribution is 2.40. The monoisotopic (exact) mass is 364 g/mol. The van der Waals surface area contributed by atoms with Gasteiger partial charge < -0.3 is 14.2 Å². The third-order valence-corrected chi connectivity index (χ3v) is 4.35. The molecule has 1 atom stereocenters. The molecule has 0 bridgehead atoms. The molecule has 1 fully saturated rings. The van der Waals surface area contributed by atoms with Gasteiger partial charge in [0.15, 0.2) is 11.5 Å². The Morgan fingerprint density at radius 3 is 2.36 bits per heavy atom. The molecular formula is C18H24F4O3. The van der Waals surface area contributed by atoms with E-state index in [0.717, 1.165) is 25.7 Å². The van der Waals surface area contributed by atoms with E-state index in [9.17, 15) is 17.6 Å². The largest absolute Gasteiger partial charge is 0.573 e. The summed E-state index contributed by atoms with van der Waals surface area (Å²) in [6.45, 7) is 3.25. The molecule has 0 radical (unpaired) electrons. The van der Waals surface area contributed by atoms with Gasteiger partial charge in [-0.15, -0.1) is 13.2 Å². The highest BCUT2D eigenvalue weighted by Gasteiger charge is 2.34. The lowest BCUT2D eigenvalue weighted by Crippen LogP contribution is -2.20. The standard InChI is InChI=1S/C18H24F4O3/c1-3-14(19)11-24-15-8-9-16(23-10-13-6-4-5-7-13)17(12(15)2)25-18(20,21)22/h8-9,13-14H,3-7,10-11H2,1-2H3. The number of rotatable bonds is 8. The molecular weight excluding hydrogens is 340 g/mol. The van der Waals surface area contributed by atoms with E-state index in [-0.39, 0.29) is 30.1 Å². The van der Waals surface area contributed by atoms with Crippen molar-refractivity contribution in [2.45, 2.75) is 58.5 Å². The number of hydrogen-bond donors (Lipinski definition) is 0. The molecule has 0 saturated heterocycles. The lowest BCUT2D eigenvalue weighted by Gasteiger charge is -2.20. The molecule has 142 valence electrons. The Morgan fingerprint density at radius 2 is 1.76 bits per heavy atom. The van der Waals surface area contributed by atoms with E-state index in [1.54, 1.807) is 6.92 Å². The highest BCUT2D eigenvalue weighted by atomic mass is 19.4. The average molecular weight is 364 g/mol. The Hall–Kier alpha value is -1.66. The first-order valence-corrected chi connectivity index (χ1v) is 8.59. The number of hydrogen-bond acceptors (Lipinski definition) is 3. The maximum Gasteiger partial charge on any atom is 0.573 e. The predicted molar refractivity (Wildman–Crippen MR) is 86.0 cm³/mol. The van der Waals surface area contributed by atoms with Crippen molar-refractivity contribution in [2.75, 3.05) is 13.2 Å². The molecule has 2 rings (SSSR count). The van der Waals surface area contributed by atoms with Gasteiger partial charge in [0.25, 0.3) is 0 Å². The third kappa shape index (κ3) is 5.97. The summed E-state index contributed by atoms with van der Waals surface area (Å²) in [5.41, 5.74) is 0.143. The SMILES string of the molecule is CCC(F)COc1ccc(OCC2CCCC2)c(OC(F)(F)F)c1C. The molecule has 0 spiro atoms. The first-order valence-electron chi connectivity index (χ1n) is 8.59. The summed E-state index contributed by atoms with van der Waals surface area (Å²) in [5.74, 6) is 0.117. The van der Waals surface area contributed by atoms with Crippen molar-refractivity contribution < 1.29 is 31.8 Å². The van der Waals surface area contributed by atoms with Crippen LogP contribution >= 0.6 is 0 Å². The van der Waals surface area contributed by atoms with E-state index < -0.39 is 18.3 Å². The van der Waals surface area contributed by atoms with Crippen LogP contribution in [0.3, 0.4) is 0 Å². The zero-order valence-corrected chi connectivity index (χ0v) is 14.5. The summed E-state index contributed by atoms with van der Waals surface area (Å²) in [7, 11) is 0. The van der Waals surface area contributed by atoms with Crippen LogP contribution in [0.2, 0.25) is 0 Å². The van der Waals surface area contributed by atoms with Gasteiger partial charge in [0.2, 0.25) is 0 Å². The van der Waals surface area contributed by atoms with E-state index in [1.165, 1.54) is 19.1 Å². The van der Waals surface area contributed by atoms with Crippen LogP contribution in [0.15, 0.2) is 12.1 Å². The third-order valence-electron chi connectivity index (χ3n) is 4.35. The molecule has 0 N–H and O–H groups in total. The summed E-state index contributed by atoms with van der Waals surface area (Å²) in [5, 5.41) is 0. The van der Waals surface area contributed by atoms with Crippen molar-refractivity contribution in [3.05, 3.63) is 17.7 Å². The lowest BCUT2D eigenvalue weighted by molar-refractivity contribution is -0.275. The molecule has 1 aromatic rings. The van der Waals surface area contributed by atoms with Crippen molar-refractivity contribution in [3.63, 3.8) is 0 Å². The minimum absolute atomic E-state index is 0.0290. The minimum Gasteiger partial charge on any atom is -0.490 e. The molecule has 0 aromatic heterocycles. The Kier molecular flexibility index (Phi) is 6.79. The molecule has 1 unspecified atom stereocenters. The van der Waals surface area contributed by atoms with Crippen LogP contribution in [-0.4, -0.2) is 25.7 Å². The predicted octanol–water partition coefficient (Wildman–Crippen LogP) is 5.59. The van der Waals surface area contributed by atoms with Crippen molar-refractivity contribution in [3.8, 4) is 17.2 Å². The summed E-state index contributed by atoms with van der Waals surface area (Å²) in [4.78, 5) is 0. The summed E-state index contributed by atoms with van der Waals surface area (Å²) in [6, 6.07) is 2.88. The van der Waals surface area contributed by atoms with Gasteiger partial charge in [0, 0.05) is 5.56 Å². The molecule has 1 aliphatic rings. The van der Waals surface area contributed by atoms with Crippen molar-refractivity contribution in [1.82, 2.24) is 0 Å². The Morgan fingerprint density at radius 1 is 1.12 bits per heavy atom. The minimum atomic E-state index is -4.85. The number of ether oxygens (including phenoxy) is 3. The Bertz CT molecular complexity index is 554. The quantitative estimate of drug-likeness (QED) is 0.563. The normalized spacial score (nSPS) is 16.7. The lowest BCUT2D eigenvalue weighted by atomic mass is 10.1. The molecule has 0 aliphatic heterocycles. The molecule has 25 heavy (non-hydrogen) atoms. The van der Waals surface area contributed by atoms with E-state index in [0.29, 0.717) is 12.5 Å². The van der Waals surface area contributed by atoms with Gasteiger partial charge in [-0.2, -0.15) is 0 Å². The molecule has 0 amide bonds. The first kappa shape index (κ1) is 19.7. The number of halogens is 4. The second-order valence-electron chi connectivity index (χ2n) is 6.34. The molecule has 1 saturated carbocycles. The topological polar surface area (TPSA) is 27.7 Å². The second-order valence-corrected chi connectivity index (χ2v) is 6.34. The first-order chi connectivity index (χ1) is 11.8. The number of benzene rings is 1. The van der Waals surface area contributed by atoms with E-state index in [2.05, 4.69) is 4.74 Å². The van der Waals surface area contributed by atoms with Gasteiger partial charge in [-0.05, 0) is 44.2 Å². The van der Waals surface area contributed by atoms with Crippen LogP contribution in [0.5, 0.6) is 17.2 Å². The van der Waals surface area contributed by atoms with Gasteiger partial charge in [0.1, 0.15) is 18.5 Å². The smallest absolute Gasteiger partial charge is 0.490 e. The van der Waals surface area contributed by atoms with Crippen LogP contribution in [0.1, 0.15) is 44.6 Å². The van der Waals surface area contributed by atoms with Crippen LogP contribution in [-0.2, 0) is 0 Å². The molecule has 1 aromatic carbocycles. The van der Waals surface area contributed by atoms with Crippen molar-refractivity contribution in [2.24, 2.45) is 5.92 Å². The summed E-state index contributed by atoms with van der Waals surface area (Å²) < 4.78 is 66.7. The maximum atomic E-state index is 13.3. The van der Waals surface area contributed by atoms with Crippen LogP contribution in [0, 0.1) is 12.8 Å². The zero-order valence-electron chi connectivity index (χ0n) is 14.5. The fourth-order valence-electron chi connectivity index (χ4n) is 2.84. The van der Waals surface area contributed by atoms with E-state index in [1.807, 2.05) is 0 Å². The summed E-state index contributed by atoms with van der Waals surface area (Å²) in [6.07, 6.45) is -1.48. The second kappa shape index (κ2) is 8.63. The Labute approximate surface area is 145 Å².